The number of aliphatic hydroxyl groups is 1. The number of likely N-dealkylation sites (tertiary alicyclic amines) is 1. The minimum atomic E-state index is -0.668. The molecule has 2 rings (SSSR count). The summed E-state index contributed by atoms with van der Waals surface area (Å²) >= 11 is 0. The first-order valence-electron chi connectivity index (χ1n) is 8.04. The maximum absolute atomic E-state index is 12.3. The third kappa shape index (κ3) is 5.54. The molecule has 0 aliphatic carbocycles. The van der Waals surface area contributed by atoms with Crippen LogP contribution < -0.4 is 5.73 Å². The van der Waals surface area contributed by atoms with Crippen molar-refractivity contribution in [1.82, 2.24) is 14.7 Å². The Bertz CT molecular complexity index is 340. The summed E-state index contributed by atoms with van der Waals surface area (Å²) < 4.78 is 0. The summed E-state index contributed by atoms with van der Waals surface area (Å²) in [7, 11) is 0. The molecule has 0 saturated carbocycles. The van der Waals surface area contributed by atoms with E-state index >= 15 is 0 Å². The molecule has 2 fully saturated rings. The van der Waals surface area contributed by atoms with Crippen LogP contribution in [0.2, 0.25) is 0 Å². The Morgan fingerprint density at radius 1 is 1.10 bits per heavy atom. The van der Waals surface area contributed by atoms with Crippen LogP contribution in [0.1, 0.15) is 26.7 Å². The summed E-state index contributed by atoms with van der Waals surface area (Å²) in [6.07, 6.45) is 1.99. The van der Waals surface area contributed by atoms with Crippen molar-refractivity contribution in [1.29, 1.82) is 0 Å². The van der Waals surface area contributed by atoms with Crippen LogP contribution in [0.5, 0.6) is 0 Å². The molecule has 122 valence electrons. The van der Waals surface area contributed by atoms with E-state index in [1.54, 1.807) is 0 Å². The van der Waals surface area contributed by atoms with E-state index in [2.05, 4.69) is 9.80 Å². The standard InChI is InChI=1S/C15H30N4O2/c1-15(2,21)12-18-7-9-19(10-8-18)14(20)11-17-5-3-13(16)4-6-17/h13,21H,3-12,16H2,1-2H3. The van der Waals surface area contributed by atoms with Gasteiger partial charge in [0, 0.05) is 51.9 Å². The lowest BCUT2D eigenvalue weighted by atomic mass is 10.1. The van der Waals surface area contributed by atoms with Gasteiger partial charge in [0.25, 0.3) is 0 Å². The topological polar surface area (TPSA) is 73.0 Å². The first-order valence-corrected chi connectivity index (χ1v) is 8.04. The molecule has 0 atom stereocenters. The minimum Gasteiger partial charge on any atom is -0.389 e. The molecule has 3 N–H and O–H groups in total. The van der Waals surface area contributed by atoms with Crippen LogP contribution in [0.3, 0.4) is 0 Å². The van der Waals surface area contributed by atoms with Gasteiger partial charge in [0.2, 0.25) is 5.91 Å². The summed E-state index contributed by atoms with van der Waals surface area (Å²) in [5.74, 6) is 0.230. The number of rotatable bonds is 4. The van der Waals surface area contributed by atoms with Crippen molar-refractivity contribution in [2.45, 2.75) is 38.3 Å². The molecule has 0 bridgehead atoms. The lowest BCUT2D eigenvalue weighted by Crippen LogP contribution is -2.54. The Kier molecular flexibility index (Phi) is 5.60. The van der Waals surface area contributed by atoms with Gasteiger partial charge < -0.3 is 15.7 Å². The molecule has 0 aromatic rings. The number of piperazine rings is 1. The summed E-state index contributed by atoms with van der Waals surface area (Å²) in [6.45, 7) is 9.94. The number of piperidine rings is 1. The fourth-order valence-electron chi connectivity index (χ4n) is 3.10. The minimum absolute atomic E-state index is 0.230. The maximum Gasteiger partial charge on any atom is 0.236 e. The maximum atomic E-state index is 12.3. The lowest BCUT2D eigenvalue weighted by Gasteiger charge is -2.38. The molecule has 21 heavy (non-hydrogen) atoms. The molecule has 0 aromatic heterocycles. The van der Waals surface area contributed by atoms with E-state index in [0.717, 1.165) is 52.1 Å². The number of β-amino-alcohol motifs (C(OH)–C–C–N with tert-alkyl or cyclic N) is 1. The number of amides is 1. The summed E-state index contributed by atoms with van der Waals surface area (Å²) in [5, 5.41) is 9.84. The molecule has 6 nitrogen and oxygen atoms in total. The van der Waals surface area contributed by atoms with Gasteiger partial charge in [-0.3, -0.25) is 14.6 Å². The fourth-order valence-corrected chi connectivity index (χ4v) is 3.10. The second-order valence-electron chi connectivity index (χ2n) is 7.08. The van der Waals surface area contributed by atoms with Crippen molar-refractivity contribution < 1.29 is 9.90 Å². The largest absolute Gasteiger partial charge is 0.389 e. The van der Waals surface area contributed by atoms with Crippen molar-refractivity contribution >= 4 is 5.91 Å². The smallest absolute Gasteiger partial charge is 0.236 e. The molecular weight excluding hydrogens is 268 g/mol. The van der Waals surface area contributed by atoms with Gasteiger partial charge in [0.05, 0.1) is 12.1 Å². The summed E-state index contributed by atoms with van der Waals surface area (Å²) in [5.41, 5.74) is 5.22. The lowest BCUT2D eigenvalue weighted by molar-refractivity contribution is -0.134. The van der Waals surface area contributed by atoms with Crippen LogP contribution in [0.25, 0.3) is 0 Å². The van der Waals surface area contributed by atoms with Crippen molar-refractivity contribution in [2.24, 2.45) is 5.73 Å². The van der Waals surface area contributed by atoms with Gasteiger partial charge >= 0.3 is 0 Å². The second kappa shape index (κ2) is 7.05. The Labute approximate surface area is 127 Å². The first-order chi connectivity index (χ1) is 9.83. The van der Waals surface area contributed by atoms with Crippen molar-refractivity contribution in [2.75, 3.05) is 52.4 Å². The van der Waals surface area contributed by atoms with E-state index in [0.29, 0.717) is 19.1 Å². The van der Waals surface area contributed by atoms with Crippen molar-refractivity contribution in [3.63, 3.8) is 0 Å². The molecule has 0 aromatic carbocycles. The highest BCUT2D eigenvalue weighted by molar-refractivity contribution is 5.78. The molecule has 1 amide bonds. The van der Waals surface area contributed by atoms with E-state index in [9.17, 15) is 9.90 Å². The SMILES string of the molecule is CC(C)(O)CN1CCN(C(=O)CN2CCC(N)CC2)CC1. The van der Waals surface area contributed by atoms with Crippen LogP contribution in [0.4, 0.5) is 0 Å². The Morgan fingerprint density at radius 2 is 1.67 bits per heavy atom. The second-order valence-corrected chi connectivity index (χ2v) is 7.08. The molecule has 2 aliphatic rings. The van der Waals surface area contributed by atoms with Crippen molar-refractivity contribution in [3.05, 3.63) is 0 Å². The summed E-state index contributed by atoms with van der Waals surface area (Å²) in [4.78, 5) is 18.7. The van der Waals surface area contributed by atoms with E-state index in [1.807, 2.05) is 18.7 Å². The Hall–Kier alpha value is -0.690. The third-order valence-corrected chi connectivity index (χ3v) is 4.33. The predicted molar refractivity (Wildman–Crippen MR) is 83.0 cm³/mol. The normalized spacial score (nSPS) is 23.5. The van der Waals surface area contributed by atoms with E-state index in [4.69, 9.17) is 5.73 Å². The number of carbonyl (C=O) groups is 1. The number of carbonyl (C=O) groups excluding carboxylic acids is 1. The van der Waals surface area contributed by atoms with Gasteiger partial charge in [-0.2, -0.15) is 0 Å². The first kappa shape index (κ1) is 16.7. The van der Waals surface area contributed by atoms with Crippen LogP contribution in [-0.2, 0) is 4.79 Å². The third-order valence-electron chi connectivity index (χ3n) is 4.33. The van der Waals surface area contributed by atoms with Crippen LogP contribution in [-0.4, -0.2) is 89.7 Å². The van der Waals surface area contributed by atoms with Crippen LogP contribution in [0.15, 0.2) is 0 Å². The fraction of sp³-hybridized carbons (Fsp3) is 0.933. The van der Waals surface area contributed by atoms with E-state index in [-0.39, 0.29) is 5.91 Å². The quantitative estimate of drug-likeness (QED) is 0.720. The van der Waals surface area contributed by atoms with Gasteiger partial charge in [0.15, 0.2) is 0 Å². The number of hydrogen-bond acceptors (Lipinski definition) is 5. The highest BCUT2D eigenvalue weighted by atomic mass is 16.3. The molecular formula is C15H30N4O2. The molecule has 2 heterocycles. The van der Waals surface area contributed by atoms with Gasteiger partial charge in [-0.1, -0.05) is 0 Å². The highest BCUT2D eigenvalue weighted by Gasteiger charge is 2.26. The van der Waals surface area contributed by atoms with E-state index < -0.39 is 5.60 Å². The highest BCUT2D eigenvalue weighted by Crippen LogP contribution is 2.11. The molecule has 0 spiro atoms. The zero-order valence-corrected chi connectivity index (χ0v) is 13.4. The average Bonchev–Trinajstić information content (AvgIpc) is 2.40. The van der Waals surface area contributed by atoms with Gasteiger partial charge in [-0.05, 0) is 26.7 Å². The molecule has 6 heteroatoms. The van der Waals surface area contributed by atoms with E-state index in [1.165, 1.54) is 0 Å². The molecule has 2 aliphatic heterocycles. The molecule has 2 saturated heterocycles. The monoisotopic (exact) mass is 298 g/mol. The molecule has 0 unspecified atom stereocenters. The molecule has 0 radical (unpaired) electrons. The summed E-state index contributed by atoms with van der Waals surface area (Å²) in [6, 6.07) is 0.307. The average molecular weight is 298 g/mol. The predicted octanol–water partition coefficient (Wildman–Crippen LogP) is -0.675. The van der Waals surface area contributed by atoms with Crippen LogP contribution >= 0.6 is 0 Å². The van der Waals surface area contributed by atoms with Gasteiger partial charge in [0.1, 0.15) is 0 Å². The number of nitrogens with two attached hydrogens (primary N) is 1. The van der Waals surface area contributed by atoms with Crippen molar-refractivity contribution in [3.8, 4) is 0 Å². The Morgan fingerprint density at radius 3 is 2.19 bits per heavy atom. The zero-order valence-electron chi connectivity index (χ0n) is 13.4. The number of nitrogens with zero attached hydrogens (tertiary/aromatic N) is 3. The zero-order chi connectivity index (χ0) is 15.5. The Balaban J connectivity index is 1.70. The van der Waals surface area contributed by atoms with Gasteiger partial charge in [-0.15, -0.1) is 0 Å². The number of hydrogen-bond donors (Lipinski definition) is 2. The van der Waals surface area contributed by atoms with Gasteiger partial charge in [-0.25, -0.2) is 0 Å². The van der Waals surface area contributed by atoms with Crippen LogP contribution in [0, 0.1) is 0 Å².